The molecule has 0 radical (unpaired) electrons. The lowest BCUT2D eigenvalue weighted by molar-refractivity contribution is -0.150. The van der Waals surface area contributed by atoms with E-state index in [9.17, 15) is 19.2 Å². The number of benzene rings is 2. The molecule has 1 saturated heterocycles. The van der Waals surface area contributed by atoms with E-state index in [4.69, 9.17) is 4.74 Å². The lowest BCUT2D eigenvalue weighted by atomic mass is 10.0. The van der Waals surface area contributed by atoms with Gasteiger partial charge in [-0.25, -0.2) is 9.69 Å². The van der Waals surface area contributed by atoms with Gasteiger partial charge in [0.25, 0.3) is 5.91 Å². The first-order valence-corrected chi connectivity index (χ1v) is 8.95. The molecule has 0 aromatic heterocycles. The van der Waals surface area contributed by atoms with Gasteiger partial charge in [0.2, 0.25) is 11.8 Å². The Morgan fingerprint density at radius 3 is 2.00 bits per heavy atom. The standard InChI is InChI=1S/C21H20N2O5/c24-18-11-12-19(25)23(18)20(26)17(13-15-7-3-1-4-8-15)22-21(27)28-14-16-9-5-2-6-10-16/h1-10,17H,11-14H2,(H,22,27)/t17-/m0/s1. The highest BCUT2D eigenvalue weighted by molar-refractivity contribution is 6.16. The quantitative estimate of drug-likeness (QED) is 0.776. The number of carbonyl (C=O) groups is 4. The van der Waals surface area contributed by atoms with Crippen LogP contribution in [-0.4, -0.2) is 34.8 Å². The average molecular weight is 380 g/mol. The highest BCUT2D eigenvalue weighted by atomic mass is 16.5. The van der Waals surface area contributed by atoms with Crippen LogP contribution in [0.15, 0.2) is 60.7 Å². The summed E-state index contributed by atoms with van der Waals surface area (Å²) in [5, 5.41) is 2.50. The van der Waals surface area contributed by atoms with Gasteiger partial charge in [-0.3, -0.25) is 14.4 Å². The number of carbonyl (C=O) groups excluding carboxylic acids is 4. The molecule has 144 valence electrons. The first-order valence-electron chi connectivity index (χ1n) is 8.95. The van der Waals surface area contributed by atoms with Gasteiger partial charge in [-0.1, -0.05) is 60.7 Å². The van der Waals surface area contributed by atoms with Crippen molar-refractivity contribution in [2.24, 2.45) is 0 Å². The number of hydrogen-bond donors (Lipinski definition) is 1. The van der Waals surface area contributed by atoms with E-state index in [1.54, 1.807) is 36.4 Å². The number of imide groups is 3. The largest absolute Gasteiger partial charge is 0.445 e. The molecule has 1 aliphatic heterocycles. The van der Waals surface area contributed by atoms with E-state index in [0.717, 1.165) is 11.1 Å². The number of rotatable bonds is 6. The molecule has 4 amide bonds. The molecule has 7 heteroatoms. The van der Waals surface area contributed by atoms with Gasteiger partial charge in [-0.05, 0) is 11.1 Å². The fourth-order valence-corrected chi connectivity index (χ4v) is 2.94. The summed E-state index contributed by atoms with van der Waals surface area (Å²) < 4.78 is 5.17. The van der Waals surface area contributed by atoms with E-state index >= 15 is 0 Å². The third-order valence-electron chi connectivity index (χ3n) is 4.36. The van der Waals surface area contributed by atoms with Gasteiger partial charge < -0.3 is 10.1 Å². The maximum Gasteiger partial charge on any atom is 0.408 e. The summed E-state index contributed by atoms with van der Waals surface area (Å²) in [6, 6.07) is 17.0. The first-order chi connectivity index (χ1) is 13.5. The van der Waals surface area contributed by atoms with Crippen LogP contribution in [0.2, 0.25) is 0 Å². The summed E-state index contributed by atoms with van der Waals surface area (Å²) in [5.74, 6) is -1.84. The molecule has 1 aliphatic rings. The molecule has 0 bridgehead atoms. The molecule has 0 unspecified atom stereocenters. The van der Waals surface area contributed by atoms with Gasteiger partial charge in [0.05, 0.1) is 0 Å². The molecule has 28 heavy (non-hydrogen) atoms. The lowest BCUT2D eigenvalue weighted by Gasteiger charge is -2.22. The molecule has 2 aromatic carbocycles. The number of nitrogens with one attached hydrogen (secondary N) is 1. The molecule has 1 fully saturated rings. The van der Waals surface area contributed by atoms with E-state index in [2.05, 4.69) is 5.32 Å². The van der Waals surface area contributed by atoms with Crippen LogP contribution in [0, 0.1) is 0 Å². The molecule has 0 saturated carbocycles. The summed E-state index contributed by atoms with van der Waals surface area (Å²) in [4.78, 5) is 49.5. The van der Waals surface area contributed by atoms with Crippen LogP contribution < -0.4 is 5.32 Å². The normalized spacial score (nSPS) is 14.6. The summed E-state index contributed by atoms with van der Waals surface area (Å²) in [6.07, 6.45) is -0.656. The monoisotopic (exact) mass is 380 g/mol. The zero-order valence-corrected chi connectivity index (χ0v) is 15.2. The smallest absolute Gasteiger partial charge is 0.408 e. The molecule has 0 spiro atoms. The Bertz CT molecular complexity index is 851. The maximum absolute atomic E-state index is 12.8. The van der Waals surface area contributed by atoms with Crippen LogP contribution in [-0.2, 0) is 32.1 Å². The zero-order valence-electron chi connectivity index (χ0n) is 15.2. The minimum Gasteiger partial charge on any atom is -0.445 e. The Morgan fingerprint density at radius 2 is 1.43 bits per heavy atom. The van der Waals surface area contributed by atoms with Crippen molar-refractivity contribution in [3.8, 4) is 0 Å². The third kappa shape index (κ3) is 4.82. The number of amides is 4. The number of nitrogens with zero attached hydrogens (tertiary/aromatic N) is 1. The molecule has 2 aromatic rings. The topological polar surface area (TPSA) is 92.8 Å². The van der Waals surface area contributed by atoms with Crippen molar-refractivity contribution < 1.29 is 23.9 Å². The minimum atomic E-state index is -1.09. The minimum absolute atomic E-state index is 0.00108. The maximum atomic E-state index is 12.8. The fraction of sp³-hybridized carbons (Fsp3) is 0.238. The van der Waals surface area contributed by atoms with Gasteiger partial charge in [0.15, 0.2) is 0 Å². The van der Waals surface area contributed by atoms with Crippen LogP contribution in [0.25, 0.3) is 0 Å². The Hall–Kier alpha value is -3.48. The second-order valence-electron chi connectivity index (χ2n) is 6.41. The van der Waals surface area contributed by atoms with E-state index in [1.165, 1.54) is 0 Å². The highest BCUT2D eigenvalue weighted by Crippen LogP contribution is 2.15. The van der Waals surface area contributed by atoms with Crippen LogP contribution in [0.5, 0.6) is 0 Å². The predicted molar refractivity (Wildman–Crippen MR) is 99.8 cm³/mol. The molecule has 7 nitrogen and oxygen atoms in total. The van der Waals surface area contributed by atoms with Gasteiger partial charge in [-0.2, -0.15) is 0 Å². The molecule has 1 N–H and O–H groups in total. The van der Waals surface area contributed by atoms with Crippen LogP contribution in [0.4, 0.5) is 4.79 Å². The van der Waals surface area contributed by atoms with E-state index in [1.807, 2.05) is 24.3 Å². The van der Waals surface area contributed by atoms with Crippen molar-refractivity contribution in [1.82, 2.24) is 10.2 Å². The van der Waals surface area contributed by atoms with Crippen molar-refractivity contribution in [3.05, 3.63) is 71.8 Å². The van der Waals surface area contributed by atoms with Crippen LogP contribution in [0.3, 0.4) is 0 Å². The lowest BCUT2D eigenvalue weighted by Crippen LogP contribution is -2.51. The Kier molecular flexibility index (Phi) is 6.16. The van der Waals surface area contributed by atoms with Crippen molar-refractivity contribution in [3.63, 3.8) is 0 Å². The molecule has 1 atom stereocenters. The van der Waals surface area contributed by atoms with E-state index in [-0.39, 0.29) is 25.9 Å². The van der Waals surface area contributed by atoms with Gasteiger partial charge in [-0.15, -0.1) is 0 Å². The predicted octanol–water partition coefficient (Wildman–Crippen LogP) is 2.20. The van der Waals surface area contributed by atoms with Crippen LogP contribution in [0.1, 0.15) is 24.0 Å². The van der Waals surface area contributed by atoms with Gasteiger partial charge in [0, 0.05) is 19.3 Å². The summed E-state index contributed by atoms with van der Waals surface area (Å²) in [7, 11) is 0. The summed E-state index contributed by atoms with van der Waals surface area (Å²) in [5.41, 5.74) is 1.58. The van der Waals surface area contributed by atoms with Crippen LogP contribution >= 0.6 is 0 Å². The second kappa shape index (κ2) is 8.94. The van der Waals surface area contributed by atoms with Gasteiger partial charge in [0.1, 0.15) is 12.6 Å². The van der Waals surface area contributed by atoms with E-state index < -0.39 is 29.9 Å². The molecule has 0 aliphatic carbocycles. The van der Waals surface area contributed by atoms with Crippen molar-refractivity contribution >= 4 is 23.8 Å². The van der Waals surface area contributed by atoms with Crippen molar-refractivity contribution in [2.45, 2.75) is 31.9 Å². The number of likely N-dealkylation sites (tertiary alicyclic amines) is 1. The average Bonchev–Trinajstić information content (AvgIpc) is 3.05. The summed E-state index contributed by atoms with van der Waals surface area (Å²) in [6.45, 7) is 0.0422. The fourth-order valence-electron chi connectivity index (χ4n) is 2.94. The number of hydrogen-bond acceptors (Lipinski definition) is 5. The first kappa shape index (κ1) is 19.3. The molecule has 3 rings (SSSR count). The molecular formula is C21H20N2O5. The van der Waals surface area contributed by atoms with Crippen molar-refractivity contribution in [1.29, 1.82) is 0 Å². The summed E-state index contributed by atoms with van der Waals surface area (Å²) >= 11 is 0. The molecule has 1 heterocycles. The van der Waals surface area contributed by atoms with Gasteiger partial charge >= 0.3 is 6.09 Å². The number of alkyl carbamates (subject to hydrolysis) is 1. The number of ether oxygens (including phenoxy) is 1. The SMILES string of the molecule is O=C(N[C@@H](Cc1ccccc1)C(=O)N1C(=O)CCC1=O)OCc1ccccc1. The highest BCUT2D eigenvalue weighted by Gasteiger charge is 2.38. The Balaban J connectivity index is 1.70. The third-order valence-corrected chi connectivity index (χ3v) is 4.36. The Labute approximate surface area is 162 Å². The molecular weight excluding hydrogens is 360 g/mol. The Morgan fingerprint density at radius 1 is 0.893 bits per heavy atom. The van der Waals surface area contributed by atoms with Crippen molar-refractivity contribution in [2.75, 3.05) is 0 Å². The zero-order chi connectivity index (χ0) is 19.9. The van der Waals surface area contributed by atoms with E-state index in [0.29, 0.717) is 4.90 Å². The second-order valence-corrected chi connectivity index (χ2v) is 6.41.